The largest absolute Gasteiger partial charge is 0.379 e. The summed E-state index contributed by atoms with van der Waals surface area (Å²) in [5.41, 5.74) is -2.27. The number of carbonyl (C=O) groups excluding carboxylic acids is 1. The van der Waals surface area contributed by atoms with E-state index in [1.165, 1.54) is 0 Å². The molecule has 3 rings (SSSR count). The fourth-order valence-electron chi connectivity index (χ4n) is 2.77. The third-order valence-corrected chi connectivity index (χ3v) is 6.19. The first-order chi connectivity index (χ1) is 11.2. The molecule has 1 aromatic rings. The summed E-state index contributed by atoms with van der Waals surface area (Å²) in [4.78, 5) is 40.3. The highest BCUT2D eigenvalue weighted by Crippen LogP contribution is 2.29. The van der Waals surface area contributed by atoms with Crippen molar-refractivity contribution in [3.63, 3.8) is 0 Å². The van der Waals surface area contributed by atoms with Crippen molar-refractivity contribution in [2.24, 2.45) is 5.41 Å². The van der Waals surface area contributed by atoms with Gasteiger partial charge in [-0.25, -0.2) is 13.2 Å². The van der Waals surface area contributed by atoms with Crippen LogP contribution in [0.3, 0.4) is 0 Å². The Hall–Kier alpha value is -1.98. The molecule has 10 nitrogen and oxygen atoms in total. The standard InChI is InChI=1S/C13H18N4O6S/c1-13(7-23-8-13)11(19)16-2-4-17(5-3-16)24(21,22)9-6-14-12(20)15-10(9)18/h6H,2-5,7-8H2,1H3,(H2,14,15,18,20). The maximum Gasteiger partial charge on any atom is 0.325 e. The lowest BCUT2D eigenvalue weighted by Crippen LogP contribution is -2.58. The number of aromatic nitrogens is 2. The molecule has 11 heteroatoms. The smallest absolute Gasteiger partial charge is 0.325 e. The first-order valence-corrected chi connectivity index (χ1v) is 8.87. The molecule has 24 heavy (non-hydrogen) atoms. The first kappa shape index (κ1) is 16.9. The number of amides is 1. The Bertz CT molecular complexity index is 861. The molecule has 2 fully saturated rings. The van der Waals surface area contributed by atoms with Gasteiger partial charge in [0.25, 0.3) is 5.56 Å². The minimum absolute atomic E-state index is 0.0484. The summed E-state index contributed by atoms with van der Waals surface area (Å²) in [5.74, 6) is -0.0484. The van der Waals surface area contributed by atoms with Gasteiger partial charge in [-0.15, -0.1) is 0 Å². The molecule has 132 valence electrons. The Balaban J connectivity index is 1.73. The topological polar surface area (TPSA) is 133 Å². The molecule has 2 N–H and O–H groups in total. The molecule has 0 saturated carbocycles. The molecular weight excluding hydrogens is 340 g/mol. The zero-order valence-corrected chi connectivity index (χ0v) is 13.9. The predicted octanol–water partition coefficient (Wildman–Crippen LogP) is -2.07. The van der Waals surface area contributed by atoms with E-state index < -0.39 is 31.6 Å². The summed E-state index contributed by atoms with van der Waals surface area (Å²) in [6, 6.07) is 0. The molecule has 1 amide bonds. The van der Waals surface area contributed by atoms with Gasteiger partial charge >= 0.3 is 5.69 Å². The van der Waals surface area contributed by atoms with E-state index in [9.17, 15) is 22.8 Å². The molecule has 3 heterocycles. The van der Waals surface area contributed by atoms with Crippen LogP contribution >= 0.6 is 0 Å². The normalized spacial score (nSPS) is 21.3. The second kappa shape index (κ2) is 5.83. The molecule has 0 radical (unpaired) electrons. The molecular formula is C13H18N4O6S. The number of nitrogens with one attached hydrogen (secondary N) is 2. The molecule has 0 unspecified atom stereocenters. The van der Waals surface area contributed by atoms with Gasteiger partial charge in [0.05, 0.1) is 18.6 Å². The maximum absolute atomic E-state index is 12.5. The molecule has 0 atom stereocenters. The van der Waals surface area contributed by atoms with Crippen LogP contribution in [0.25, 0.3) is 0 Å². The Kier molecular flexibility index (Phi) is 4.10. The summed E-state index contributed by atoms with van der Waals surface area (Å²) in [5, 5.41) is 0. The minimum Gasteiger partial charge on any atom is -0.379 e. The van der Waals surface area contributed by atoms with E-state index in [-0.39, 0.29) is 32.1 Å². The van der Waals surface area contributed by atoms with Gasteiger partial charge in [-0.05, 0) is 6.92 Å². The Morgan fingerprint density at radius 2 is 1.83 bits per heavy atom. The Morgan fingerprint density at radius 3 is 2.33 bits per heavy atom. The molecule has 1 aromatic heterocycles. The third-order valence-electron chi connectivity index (χ3n) is 4.29. The van der Waals surface area contributed by atoms with Gasteiger partial charge in [0.1, 0.15) is 0 Å². The Labute approximate surface area is 137 Å². The number of carbonyl (C=O) groups is 1. The number of hydrogen-bond acceptors (Lipinski definition) is 6. The van der Waals surface area contributed by atoms with Crippen molar-refractivity contribution in [1.82, 2.24) is 19.2 Å². The highest BCUT2D eigenvalue weighted by atomic mass is 32.2. The number of rotatable bonds is 3. The molecule has 0 aromatic carbocycles. The average Bonchev–Trinajstić information content (AvgIpc) is 2.51. The SMILES string of the molecule is CC1(C(=O)N2CCN(S(=O)(=O)c3c[nH]c(=O)[nH]c3=O)CC2)COC1. The lowest BCUT2D eigenvalue weighted by Gasteiger charge is -2.42. The number of piperazine rings is 1. The first-order valence-electron chi connectivity index (χ1n) is 7.43. The number of sulfonamides is 1. The number of aromatic amines is 2. The Morgan fingerprint density at radius 1 is 1.21 bits per heavy atom. The second-order valence-electron chi connectivity index (χ2n) is 6.19. The van der Waals surface area contributed by atoms with Crippen molar-refractivity contribution in [2.45, 2.75) is 11.8 Å². The quantitative estimate of drug-likeness (QED) is 0.638. The van der Waals surface area contributed by atoms with E-state index in [1.54, 1.807) is 4.90 Å². The minimum atomic E-state index is -4.03. The van der Waals surface area contributed by atoms with E-state index >= 15 is 0 Å². The highest BCUT2D eigenvalue weighted by Gasteiger charge is 2.44. The van der Waals surface area contributed by atoms with E-state index in [2.05, 4.69) is 4.98 Å². The molecule has 0 spiro atoms. The monoisotopic (exact) mass is 358 g/mol. The van der Waals surface area contributed by atoms with Crippen LogP contribution in [0.5, 0.6) is 0 Å². The van der Waals surface area contributed by atoms with Crippen molar-refractivity contribution in [3.8, 4) is 0 Å². The van der Waals surface area contributed by atoms with Crippen molar-refractivity contribution >= 4 is 15.9 Å². The average molecular weight is 358 g/mol. The fraction of sp³-hybridized carbons (Fsp3) is 0.615. The second-order valence-corrected chi connectivity index (χ2v) is 8.09. The van der Waals surface area contributed by atoms with Gasteiger partial charge in [-0.2, -0.15) is 4.31 Å². The summed E-state index contributed by atoms with van der Waals surface area (Å²) >= 11 is 0. The van der Waals surface area contributed by atoms with Crippen LogP contribution in [-0.4, -0.2) is 72.9 Å². The van der Waals surface area contributed by atoms with Crippen LogP contribution in [0.1, 0.15) is 6.92 Å². The molecule has 2 saturated heterocycles. The third kappa shape index (κ3) is 2.78. The van der Waals surface area contributed by atoms with Crippen LogP contribution < -0.4 is 11.2 Å². The molecule has 2 aliphatic heterocycles. The van der Waals surface area contributed by atoms with Crippen LogP contribution in [0, 0.1) is 5.41 Å². The van der Waals surface area contributed by atoms with Crippen molar-refractivity contribution < 1.29 is 17.9 Å². The number of ether oxygens (including phenoxy) is 1. The van der Waals surface area contributed by atoms with Crippen LogP contribution in [0.2, 0.25) is 0 Å². The lowest BCUT2D eigenvalue weighted by molar-refractivity contribution is -0.169. The van der Waals surface area contributed by atoms with Gasteiger partial charge in [0.15, 0.2) is 4.90 Å². The zero-order chi connectivity index (χ0) is 17.5. The van der Waals surface area contributed by atoms with E-state index in [1.807, 2.05) is 11.9 Å². The van der Waals surface area contributed by atoms with Gasteiger partial charge in [-0.1, -0.05) is 0 Å². The van der Waals surface area contributed by atoms with Gasteiger partial charge < -0.3 is 14.6 Å². The maximum atomic E-state index is 12.5. The van der Waals surface area contributed by atoms with Crippen molar-refractivity contribution in [2.75, 3.05) is 39.4 Å². The molecule has 2 aliphatic rings. The van der Waals surface area contributed by atoms with E-state index in [0.29, 0.717) is 13.2 Å². The van der Waals surface area contributed by atoms with Crippen molar-refractivity contribution in [1.29, 1.82) is 0 Å². The fourth-order valence-corrected chi connectivity index (χ4v) is 4.19. The zero-order valence-electron chi connectivity index (χ0n) is 13.1. The highest BCUT2D eigenvalue weighted by molar-refractivity contribution is 7.89. The summed E-state index contributed by atoms with van der Waals surface area (Å²) < 4.78 is 31.3. The van der Waals surface area contributed by atoms with Crippen LogP contribution in [0.15, 0.2) is 20.7 Å². The molecule has 0 aliphatic carbocycles. The predicted molar refractivity (Wildman–Crippen MR) is 81.9 cm³/mol. The van der Waals surface area contributed by atoms with E-state index in [0.717, 1.165) is 10.5 Å². The van der Waals surface area contributed by atoms with Gasteiger partial charge in [0.2, 0.25) is 15.9 Å². The van der Waals surface area contributed by atoms with Crippen LogP contribution in [-0.2, 0) is 19.6 Å². The van der Waals surface area contributed by atoms with Crippen molar-refractivity contribution in [3.05, 3.63) is 27.0 Å². The summed E-state index contributed by atoms with van der Waals surface area (Å²) in [6.45, 7) is 3.23. The van der Waals surface area contributed by atoms with Crippen LogP contribution in [0.4, 0.5) is 0 Å². The number of hydrogen-bond donors (Lipinski definition) is 2. The number of H-pyrrole nitrogens is 2. The van der Waals surface area contributed by atoms with E-state index in [4.69, 9.17) is 4.74 Å². The van der Waals surface area contributed by atoms with Gasteiger partial charge in [0, 0.05) is 32.4 Å². The van der Waals surface area contributed by atoms with Gasteiger partial charge in [-0.3, -0.25) is 14.6 Å². The molecule has 0 bridgehead atoms. The number of nitrogens with zero attached hydrogens (tertiary/aromatic N) is 2. The summed E-state index contributed by atoms with van der Waals surface area (Å²) in [6.07, 6.45) is 0.890. The lowest BCUT2D eigenvalue weighted by atomic mass is 9.87. The summed E-state index contributed by atoms with van der Waals surface area (Å²) in [7, 11) is -4.03.